The van der Waals surface area contributed by atoms with Crippen LogP contribution in [0.15, 0.2) is 0 Å². The quantitative estimate of drug-likeness (QED) is 0.736. The highest BCUT2D eigenvalue weighted by molar-refractivity contribution is 7.99. The highest BCUT2D eigenvalue weighted by atomic mass is 32.2. The lowest BCUT2D eigenvalue weighted by Crippen LogP contribution is -2.32. The Labute approximate surface area is 101 Å². The molecule has 0 aromatic heterocycles. The first-order chi connectivity index (χ1) is 7.42. The van der Waals surface area contributed by atoms with Crippen LogP contribution >= 0.6 is 11.8 Å². The number of hydrogen-bond acceptors (Lipinski definition) is 4. The smallest absolute Gasteiger partial charge is 0.310 e. The molecule has 1 aliphatic heterocycles. The number of rotatable bonds is 6. The predicted octanol–water partition coefficient (Wildman–Crippen LogP) is 1.41. The van der Waals surface area contributed by atoms with Crippen LogP contribution in [-0.2, 0) is 14.6 Å². The molecule has 0 amide bonds. The van der Waals surface area contributed by atoms with Crippen molar-refractivity contribution in [2.24, 2.45) is 5.41 Å². The Morgan fingerprint density at radius 2 is 2.19 bits per heavy atom. The summed E-state index contributed by atoms with van der Waals surface area (Å²) in [4.78, 5) is 11.2. The Balaban J connectivity index is 2.59. The molecule has 16 heavy (non-hydrogen) atoms. The second-order valence-corrected chi connectivity index (χ2v) is 7.81. The zero-order valence-corrected chi connectivity index (χ0v) is 11.1. The summed E-state index contributed by atoms with van der Waals surface area (Å²) in [5.41, 5.74) is -1.01. The van der Waals surface area contributed by atoms with Gasteiger partial charge < -0.3 is 5.11 Å². The first kappa shape index (κ1) is 13.8. The maximum absolute atomic E-state index is 11.4. The maximum atomic E-state index is 11.4. The van der Waals surface area contributed by atoms with Gasteiger partial charge in [-0.1, -0.05) is 6.92 Å². The van der Waals surface area contributed by atoms with Crippen LogP contribution in [0.4, 0.5) is 0 Å². The number of hydrogen-bond donors (Lipinski definition) is 1. The first-order valence-electron chi connectivity index (χ1n) is 5.43. The van der Waals surface area contributed by atoms with E-state index in [4.69, 9.17) is 0 Å². The second-order valence-electron chi connectivity index (χ2n) is 4.23. The molecule has 1 aliphatic rings. The van der Waals surface area contributed by atoms with Crippen LogP contribution in [0.5, 0.6) is 0 Å². The van der Waals surface area contributed by atoms with Gasteiger partial charge in [0, 0.05) is 0 Å². The van der Waals surface area contributed by atoms with E-state index in [2.05, 4.69) is 6.92 Å². The van der Waals surface area contributed by atoms with Crippen molar-refractivity contribution in [3.05, 3.63) is 0 Å². The molecule has 0 saturated carbocycles. The molecule has 1 atom stereocenters. The Morgan fingerprint density at radius 3 is 2.62 bits per heavy atom. The molecule has 4 nitrogen and oxygen atoms in total. The summed E-state index contributed by atoms with van der Waals surface area (Å²) in [6, 6.07) is 0. The van der Waals surface area contributed by atoms with E-state index >= 15 is 0 Å². The van der Waals surface area contributed by atoms with Gasteiger partial charge in [-0.3, -0.25) is 4.79 Å². The molecule has 0 aromatic rings. The molecule has 0 bridgehead atoms. The van der Waals surface area contributed by atoms with Gasteiger partial charge in [0.25, 0.3) is 0 Å². The van der Waals surface area contributed by atoms with Gasteiger partial charge in [-0.05, 0) is 30.8 Å². The lowest BCUT2D eigenvalue weighted by Gasteiger charge is -2.21. The zero-order valence-electron chi connectivity index (χ0n) is 9.44. The minimum atomic E-state index is -3.13. The summed E-state index contributed by atoms with van der Waals surface area (Å²) in [5.74, 6) is 0.825. The van der Waals surface area contributed by atoms with Crippen LogP contribution in [0.1, 0.15) is 26.2 Å². The highest BCUT2D eigenvalue weighted by Crippen LogP contribution is 2.37. The van der Waals surface area contributed by atoms with Gasteiger partial charge in [-0.15, -0.1) is 0 Å². The van der Waals surface area contributed by atoms with Gasteiger partial charge in [0.15, 0.2) is 9.84 Å². The molecule has 0 aromatic carbocycles. The first-order valence-corrected chi connectivity index (χ1v) is 8.41. The Morgan fingerprint density at radius 1 is 1.50 bits per heavy atom. The van der Waals surface area contributed by atoms with Crippen LogP contribution in [0.3, 0.4) is 0 Å². The van der Waals surface area contributed by atoms with E-state index in [1.165, 1.54) is 0 Å². The number of aliphatic carboxylic acids is 1. The highest BCUT2D eigenvalue weighted by Gasteiger charge is 2.47. The Bertz CT molecular complexity index is 350. The summed E-state index contributed by atoms with van der Waals surface area (Å²) in [6.45, 7) is 2.05. The molecule has 94 valence electrons. The zero-order chi connectivity index (χ0) is 12.2. The van der Waals surface area contributed by atoms with E-state index in [0.717, 1.165) is 17.9 Å². The topological polar surface area (TPSA) is 71.4 Å². The van der Waals surface area contributed by atoms with Crippen molar-refractivity contribution in [3.63, 3.8) is 0 Å². The molecule has 1 rings (SSSR count). The molecule has 1 heterocycles. The van der Waals surface area contributed by atoms with Crippen molar-refractivity contribution in [1.82, 2.24) is 0 Å². The third-order valence-corrected chi connectivity index (χ3v) is 5.79. The van der Waals surface area contributed by atoms with Gasteiger partial charge in [-0.2, -0.15) is 11.8 Å². The molecule has 1 saturated heterocycles. The SMILES string of the molecule is CCSCCCC1(C(=O)O)CCS(=O)(=O)C1. The van der Waals surface area contributed by atoms with E-state index < -0.39 is 21.2 Å². The maximum Gasteiger partial charge on any atom is 0.310 e. The van der Waals surface area contributed by atoms with Crippen molar-refractivity contribution < 1.29 is 18.3 Å². The van der Waals surface area contributed by atoms with Crippen molar-refractivity contribution in [2.45, 2.75) is 26.2 Å². The Kier molecular flexibility index (Phi) is 4.67. The predicted molar refractivity (Wildman–Crippen MR) is 65.6 cm³/mol. The third-order valence-electron chi connectivity index (χ3n) is 2.99. The van der Waals surface area contributed by atoms with E-state index in [1.807, 2.05) is 0 Å². The summed E-state index contributed by atoms with van der Waals surface area (Å²) >= 11 is 1.76. The minimum absolute atomic E-state index is 0.0280. The number of carboxylic acid groups (broad SMARTS) is 1. The normalized spacial score (nSPS) is 28.1. The van der Waals surface area contributed by atoms with Gasteiger partial charge >= 0.3 is 5.97 Å². The van der Waals surface area contributed by atoms with Crippen LogP contribution in [0.2, 0.25) is 0 Å². The molecule has 0 radical (unpaired) electrons. The molecule has 0 spiro atoms. The monoisotopic (exact) mass is 266 g/mol. The van der Waals surface area contributed by atoms with Gasteiger partial charge in [0.2, 0.25) is 0 Å². The van der Waals surface area contributed by atoms with Gasteiger partial charge in [0.1, 0.15) is 0 Å². The molecular weight excluding hydrogens is 248 g/mol. The number of carbonyl (C=O) groups is 1. The van der Waals surface area contributed by atoms with Crippen molar-refractivity contribution in [1.29, 1.82) is 0 Å². The molecule has 1 fully saturated rings. The largest absolute Gasteiger partial charge is 0.481 e. The fraction of sp³-hybridized carbons (Fsp3) is 0.900. The standard InChI is InChI=1S/C10H18O4S2/c1-2-15-6-3-4-10(9(11)12)5-7-16(13,14)8-10/h2-8H2,1H3,(H,11,12). The fourth-order valence-corrected chi connectivity index (χ4v) is 4.78. The van der Waals surface area contributed by atoms with Crippen LogP contribution < -0.4 is 0 Å². The second kappa shape index (κ2) is 5.40. The van der Waals surface area contributed by atoms with Crippen molar-refractivity contribution >= 4 is 27.6 Å². The summed E-state index contributed by atoms with van der Waals surface area (Å²) in [6.07, 6.45) is 1.54. The lowest BCUT2D eigenvalue weighted by molar-refractivity contribution is -0.147. The summed E-state index contributed by atoms with van der Waals surface area (Å²) < 4.78 is 22.7. The summed E-state index contributed by atoms with van der Waals surface area (Å²) in [7, 11) is -3.13. The van der Waals surface area contributed by atoms with E-state index in [9.17, 15) is 18.3 Å². The summed E-state index contributed by atoms with van der Waals surface area (Å²) in [5, 5.41) is 9.18. The molecule has 6 heteroatoms. The molecular formula is C10H18O4S2. The van der Waals surface area contributed by atoms with E-state index in [-0.39, 0.29) is 17.9 Å². The number of thioether (sulfide) groups is 1. The van der Waals surface area contributed by atoms with Crippen molar-refractivity contribution in [2.75, 3.05) is 23.0 Å². The van der Waals surface area contributed by atoms with E-state index in [0.29, 0.717) is 6.42 Å². The van der Waals surface area contributed by atoms with Crippen LogP contribution in [0, 0.1) is 5.41 Å². The number of sulfone groups is 1. The van der Waals surface area contributed by atoms with Crippen LogP contribution in [0.25, 0.3) is 0 Å². The molecule has 1 unspecified atom stereocenters. The van der Waals surface area contributed by atoms with Crippen molar-refractivity contribution in [3.8, 4) is 0 Å². The van der Waals surface area contributed by atoms with Crippen LogP contribution in [-0.4, -0.2) is 42.5 Å². The average molecular weight is 266 g/mol. The minimum Gasteiger partial charge on any atom is -0.481 e. The average Bonchev–Trinajstić information content (AvgIpc) is 2.51. The third kappa shape index (κ3) is 3.38. The van der Waals surface area contributed by atoms with E-state index in [1.54, 1.807) is 11.8 Å². The fourth-order valence-electron chi connectivity index (χ4n) is 2.05. The lowest BCUT2D eigenvalue weighted by atomic mass is 9.83. The number of carboxylic acids is 1. The molecule has 1 N–H and O–H groups in total. The van der Waals surface area contributed by atoms with Gasteiger partial charge in [-0.25, -0.2) is 8.42 Å². The Hall–Kier alpha value is -0.230. The molecule has 0 aliphatic carbocycles. The van der Waals surface area contributed by atoms with Gasteiger partial charge in [0.05, 0.1) is 16.9 Å².